The van der Waals surface area contributed by atoms with Crippen LogP contribution in [0.3, 0.4) is 0 Å². The van der Waals surface area contributed by atoms with Crippen molar-refractivity contribution < 1.29 is 9.53 Å². The van der Waals surface area contributed by atoms with Crippen LogP contribution in [0.4, 0.5) is 0 Å². The number of aliphatic imine (C=N–C) groups is 1. The second-order valence-electron chi connectivity index (χ2n) is 3.28. The van der Waals surface area contributed by atoms with Gasteiger partial charge in [0, 0.05) is 0 Å². The predicted molar refractivity (Wildman–Crippen MR) is 58.9 cm³/mol. The van der Waals surface area contributed by atoms with Gasteiger partial charge in [0.15, 0.2) is 0 Å². The molecule has 0 fully saturated rings. The number of methoxy groups -OCH3 is 1. The number of carbonyl (C=O) groups excluding carboxylic acids is 1. The van der Waals surface area contributed by atoms with Crippen molar-refractivity contribution in [3.63, 3.8) is 0 Å². The van der Waals surface area contributed by atoms with Crippen LogP contribution in [0.15, 0.2) is 29.3 Å². The fourth-order valence-corrected chi connectivity index (χ4v) is 1.36. The van der Waals surface area contributed by atoms with Crippen LogP contribution < -0.4 is 4.74 Å². The van der Waals surface area contributed by atoms with Crippen molar-refractivity contribution in [2.24, 2.45) is 4.99 Å². The third kappa shape index (κ3) is 4.43. The third-order valence-electron chi connectivity index (χ3n) is 2.21. The van der Waals surface area contributed by atoms with Crippen molar-refractivity contribution in [3.05, 3.63) is 29.8 Å². The molecule has 0 atom stereocenters. The predicted octanol–water partition coefficient (Wildman–Crippen LogP) is 2.35. The van der Waals surface area contributed by atoms with Crippen molar-refractivity contribution in [2.45, 2.75) is 19.3 Å². The van der Waals surface area contributed by atoms with Crippen molar-refractivity contribution in [1.82, 2.24) is 0 Å². The zero-order chi connectivity index (χ0) is 10.9. The Kier molecular flexibility index (Phi) is 5.20. The fraction of sp³-hybridized carbons (Fsp3) is 0.417. The van der Waals surface area contributed by atoms with Gasteiger partial charge in [0.1, 0.15) is 5.75 Å². The standard InChI is InChI=1S/C12H15NO2/c1-15-12-7-5-11(6-8-12)4-2-3-9-13-10-14/h5-8H,2-4,9H2,1H3. The number of hydrogen-bond donors (Lipinski definition) is 0. The van der Waals surface area contributed by atoms with E-state index in [0.29, 0.717) is 6.54 Å². The van der Waals surface area contributed by atoms with Crippen LogP contribution in [0.2, 0.25) is 0 Å². The van der Waals surface area contributed by atoms with E-state index in [1.54, 1.807) is 7.11 Å². The Balaban J connectivity index is 2.28. The van der Waals surface area contributed by atoms with E-state index >= 15 is 0 Å². The zero-order valence-corrected chi connectivity index (χ0v) is 8.90. The maximum Gasteiger partial charge on any atom is 0.234 e. The Morgan fingerprint density at radius 2 is 2.00 bits per heavy atom. The van der Waals surface area contributed by atoms with Gasteiger partial charge < -0.3 is 4.74 Å². The first-order valence-corrected chi connectivity index (χ1v) is 5.03. The van der Waals surface area contributed by atoms with E-state index in [9.17, 15) is 4.79 Å². The molecule has 0 saturated heterocycles. The van der Waals surface area contributed by atoms with Crippen molar-refractivity contribution >= 4 is 6.08 Å². The van der Waals surface area contributed by atoms with E-state index < -0.39 is 0 Å². The molecule has 1 aromatic carbocycles. The summed E-state index contributed by atoms with van der Waals surface area (Å²) < 4.78 is 5.07. The largest absolute Gasteiger partial charge is 0.497 e. The summed E-state index contributed by atoms with van der Waals surface area (Å²) in [5, 5.41) is 0. The summed E-state index contributed by atoms with van der Waals surface area (Å²) in [5.41, 5.74) is 1.28. The number of unbranched alkanes of at least 4 members (excludes halogenated alkanes) is 1. The minimum atomic E-state index is 0.583. The van der Waals surface area contributed by atoms with Crippen molar-refractivity contribution in [2.75, 3.05) is 13.7 Å². The third-order valence-corrected chi connectivity index (χ3v) is 2.21. The molecule has 0 heterocycles. The summed E-state index contributed by atoms with van der Waals surface area (Å²) in [4.78, 5) is 13.3. The number of ether oxygens (including phenoxy) is 1. The highest BCUT2D eigenvalue weighted by Crippen LogP contribution is 2.12. The molecule has 0 spiro atoms. The monoisotopic (exact) mass is 205 g/mol. The first-order valence-electron chi connectivity index (χ1n) is 5.03. The molecule has 0 aliphatic rings. The van der Waals surface area contributed by atoms with E-state index in [0.717, 1.165) is 25.0 Å². The lowest BCUT2D eigenvalue weighted by molar-refractivity contribution is 0.414. The van der Waals surface area contributed by atoms with E-state index in [-0.39, 0.29) is 0 Å². The molecule has 1 aromatic rings. The smallest absolute Gasteiger partial charge is 0.234 e. The average Bonchev–Trinajstić information content (AvgIpc) is 2.30. The molecule has 0 aliphatic heterocycles. The van der Waals surface area contributed by atoms with Gasteiger partial charge in [-0.3, -0.25) is 0 Å². The summed E-state index contributed by atoms with van der Waals surface area (Å²) in [6, 6.07) is 8.03. The second-order valence-corrected chi connectivity index (χ2v) is 3.28. The number of aryl methyl sites for hydroxylation is 1. The number of rotatable bonds is 6. The molecule has 0 aromatic heterocycles. The molecule has 0 amide bonds. The highest BCUT2D eigenvalue weighted by molar-refractivity contribution is 5.32. The Labute approximate surface area is 89.8 Å². The number of hydrogen-bond acceptors (Lipinski definition) is 3. The SMILES string of the molecule is COc1ccc(CCCCN=C=O)cc1. The van der Waals surface area contributed by atoms with E-state index in [1.807, 2.05) is 12.1 Å². The van der Waals surface area contributed by atoms with Crippen LogP contribution in [0.1, 0.15) is 18.4 Å². The molecule has 15 heavy (non-hydrogen) atoms. The molecule has 0 saturated carbocycles. The maximum absolute atomic E-state index is 9.80. The molecule has 80 valence electrons. The van der Waals surface area contributed by atoms with Gasteiger partial charge in [0.2, 0.25) is 6.08 Å². The lowest BCUT2D eigenvalue weighted by Crippen LogP contribution is -1.88. The average molecular weight is 205 g/mol. The summed E-state index contributed by atoms with van der Waals surface area (Å²) in [7, 11) is 1.66. The normalized spacial score (nSPS) is 9.40. The van der Waals surface area contributed by atoms with Crippen LogP contribution in [-0.2, 0) is 11.2 Å². The van der Waals surface area contributed by atoms with Crippen LogP contribution in [0, 0.1) is 0 Å². The van der Waals surface area contributed by atoms with Crippen molar-refractivity contribution in [3.8, 4) is 5.75 Å². The van der Waals surface area contributed by atoms with Crippen LogP contribution in [0.25, 0.3) is 0 Å². The molecule has 0 radical (unpaired) electrons. The number of nitrogens with zero attached hydrogens (tertiary/aromatic N) is 1. The first-order chi connectivity index (χ1) is 7.36. The van der Waals surface area contributed by atoms with E-state index in [1.165, 1.54) is 11.6 Å². The van der Waals surface area contributed by atoms with Gasteiger partial charge in [-0.15, -0.1) is 0 Å². The van der Waals surface area contributed by atoms with Crippen LogP contribution in [0.5, 0.6) is 5.75 Å². The van der Waals surface area contributed by atoms with Crippen LogP contribution in [-0.4, -0.2) is 19.7 Å². The summed E-state index contributed by atoms with van der Waals surface area (Å²) in [6.07, 6.45) is 4.52. The minimum Gasteiger partial charge on any atom is -0.497 e. The van der Waals surface area contributed by atoms with Gasteiger partial charge in [-0.25, -0.2) is 9.79 Å². The fourth-order valence-electron chi connectivity index (χ4n) is 1.36. The Morgan fingerprint density at radius 1 is 1.27 bits per heavy atom. The van der Waals surface area contributed by atoms with Gasteiger partial charge in [-0.2, -0.15) is 0 Å². The molecule has 3 nitrogen and oxygen atoms in total. The van der Waals surface area contributed by atoms with E-state index in [4.69, 9.17) is 4.74 Å². The van der Waals surface area contributed by atoms with Gasteiger partial charge in [0.05, 0.1) is 13.7 Å². The highest BCUT2D eigenvalue weighted by atomic mass is 16.5. The first kappa shape index (κ1) is 11.5. The molecule has 0 N–H and O–H groups in total. The van der Waals surface area contributed by atoms with Crippen molar-refractivity contribution in [1.29, 1.82) is 0 Å². The quantitative estimate of drug-likeness (QED) is 0.406. The molecular weight excluding hydrogens is 190 g/mol. The Hall–Kier alpha value is -1.60. The summed E-state index contributed by atoms with van der Waals surface area (Å²) in [6.45, 7) is 0.583. The second kappa shape index (κ2) is 6.80. The lowest BCUT2D eigenvalue weighted by atomic mass is 10.1. The topological polar surface area (TPSA) is 38.7 Å². The summed E-state index contributed by atoms with van der Waals surface area (Å²) in [5.74, 6) is 0.879. The molecule has 0 aliphatic carbocycles. The van der Waals surface area contributed by atoms with Crippen LogP contribution >= 0.6 is 0 Å². The molecule has 0 unspecified atom stereocenters. The van der Waals surface area contributed by atoms with Gasteiger partial charge in [0.25, 0.3) is 0 Å². The Morgan fingerprint density at radius 3 is 2.60 bits per heavy atom. The number of benzene rings is 1. The Bertz CT molecular complexity index is 326. The van der Waals surface area contributed by atoms with Gasteiger partial charge >= 0.3 is 0 Å². The molecule has 1 rings (SSSR count). The zero-order valence-electron chi connectivity index (χ0n) is 8.90. The molecule has 0 bridgehead atoms. The van der Waals surface area contributed by atoms with E-state index in [2.05, 4.69) is 17.1 Å². The lowest BCUT2D eigenvalue weighted by Gasteiger charge is -2.02. The summed E-state index contributed by atoms with van der Waals surface area (Å²) >= 11 is 0. The maximum atomic E-state index is 9.80. The number of isocyanates is 1. The molecular formula is C12H15NO2. The van der Waals surface area contributed by atoms with Gasteiger partial charge in [-0.05, 0) is 37.0 Å². The van der Waals surface area contributed by atoms with Gasteiger partial charge in [-0.1, -0.05) is 12.1 Å². The highest BCUT2D eigenvalue weighted by Gasteiger charge is 1.94. The minimum absolute atomic E-state index is 0.583. The molecule has 3 heteroatoms.